The first kappa shape index (κ1) is 13.8. The number of hydrogen-bond donors (Lipinski definition) is 2. The number of urea groups is 1. The zero-order valence-electron chi connectivity index (χ0n) is 10.1. The molecule has 1 aliphatic rings. The molecule has 0 saturated carbocycles. The maximum Gasteiger partial charge on any atom is 0.320 e. The molecule has 1 rings (SSSR count). The van der Waals surface area contributed by atoms with Crippen molar-refractivity contribution in [1.29, 1.82) is 0 Å². The number of likely N-dealkylation sites (tertiary alicyclic amines) is 1. The van der Waals surface area contributed by atoms with Crippen LogP contribution in [0.4, 0.5) is 4.79 Å². The first-order chi connectivity index (χ1) is 8.06. The number of nitrogens with zero attached hydrogens (tertiary/aromatic N) is 2. The number of carboxylic acids is 1. The van der Waals surface area contributed by atoms with Crippen LogP contribution in [-0.4, -0.2) is 64.8 Å². The molecular weight excluding hydrogens is 224 g/mol. The Morgan fingerprint density at radius 2 is 2.12 bits per heavy atom. The highest BCUT2D eigenvalue weighted by molar-refractivity contribution is 5.76. The Balaban J connectivity index is 2.63. The van der Waals surface area contributed by atoms with Crippen LogP contribution in [0, 0.1) is 0 Å². The van der Waals surface area contributed by atoms with Gasteiger partial charge in [-0.3, -0.25) is 4.79 Å². The number of carbonyl (C=O) groups is 2. The molecule has 0 radical (unpaired) electrons. The van der Waals surface area contributed by atoms with Gasteiger partial charge in [0.15, 0.2) is 0 Å². The summed E-state index contributed by atoms with van der Waals surface area (Å²) in [6, 6.07) is -0.403. The van der Waals surface area contributed by atoms with Crippen molar-refractivity contribution in [3.8, 4) is 0 Å². The van der Waals surface area contributed by atoms with E-state index in [0.29, 0.717) is 6.54 Å². The lowest BCUT2D eigenvalue weighted by Gasteiger charge is -2.37. The molecule has 6 heteroatoms. The predicted octanol–water partition coefficient (Wildman–Crippen LogP) is 0.360. The van der Waals surface area contributed by atoms with E-state index < -0.39 is 5.97 Å². The zero-order chi connectivity index (χ0) is 12.8. The minimum Gasteiger partial charge on any atom is -0.481 e. The number of aliphatic hydroxyl groups excluding tert-OH is 1. The van der Waals surface area contributed by atoms with Gasteiger partial charge in [-0.05, 0) is 19.3 Å². The van der Waals surface area contributed by atoms with Crippen molar-refractivity contribution in [3.63, 3.8) is 0 Å². The average Bonchev–Trinajstić information content (AvgIpc) is 2.28. The van der Waals surface area contributed by atoms with Crippen LogP contribution in [-0.2, 0) is 4.79 Å². The van der Waals surface area contributed by atoms with Crippen molar-refractivity contribution in [2.75, 3.05) is 26.7 Å². The lowest BCUT2D eigenvalue weighted by molar-refractivity contribution is -0.138. The van der Waals surface area contributed by atoms with Crippen molar-refractivity contribution >= 4 is 12.0 Å². The van der Waals surface area contributed by atoms with Gasteiger partial charge in [-0.2, -0.15) is 0 Å². The lowest BCUT2D eigenvalue weighted by Crippen LogP contribution is -2.50. The van der Waals surface area contributed by atoms with Crippen molar-refractivity contribution in [1.82, 2.24) is 9.80 Å². The van der Waals surface area contributed by atoms with Gasteiger partial charge in [-0.25, -0.2) is 4.79 Å². The molecule has 1 atom stereocenters. The van der Waals surface area contributed by atoms with E-state index in [2.05, 4.69) is 0 Å². The van der Waals surface area contributed by atoms with Crippen LogP contribution in [0.3, 0.4) is 0 Å². The van der Waals surface area contributed by atoms with Crippen LogP contribution in [0.2, 0.25) is 0 Å². The summed E-state index contributed by atoms with van der Waals surface area (Å²) in [5.74, 6) is -0.875. The predicted molar refractivity (Wildman–Crippen MR) is 61.7 cm³/mol. The highest BCUT2D eigenvalue weighted by atomic mass is 16.4. The van der Waals surface area contributed by atoms with E-state index in [4.69, 9.17) is 10.2 Å². The van der Waals surface area contributed by atoms with E-state index in [1.54, 1.807) is 11.9 Å². The number of carboxylic acid groups (broad SMARTS) is 1. The Morgan fingerprint density at radius 3 is 2.71 bits per heavy atom. The highest BCUT2D eigenvalue weighted by Gasteiger charge is 2.29. The van der Waals surface area contributed by atoms with Gasteiger partial charge in [-0.15, -0.1) is 0 Å². The minimum absolute atomic E-state index is 0.00128. The topological polar surface area (TPSA) is 81.1 Å². The number of amides is 2. The number of aliphatic carboxylic acids is 1. The van der Waals surface area contributed by atoms with Crippen molar-refractivity contribution in [2.45, 2.75) is 31.7 Å². The van der Waals surface area contributed by atoms with Gasteiger partial charge in [0.25, 0.3) is 0 Å². The summed E-state index contributed by atoms with van der Waals surface area (Å²) in [4.78, 5) is 25.8. The van der Waals surface area contributed by atoms with Gasteiger partial charge in [0, 0.05) is 26.2 Å². The Kier molecular flexibility index (Phi) is 5.21. The van der Waals surface area contributed by atoms with Gasteiger partial charge in [-0.1, -0.05) is 0 Å². The maximum atomic E-state index is 12.0. The maximum absolute atomic E-state index is 12.0. The molecule has 0 aliphatic carbocycles. The third-order valence-electron chi connectivity index (χ3n) is 3.05. The first-order valence-corrected chi connectivity index (χ1v) is 5.90. The number of carbonyl (C=O) groups excluding carboxylic acids is 1. The second-order valence-corrected chi connectivity index (χ2v) is 4.37. The Labute approximate surface area is 101 Å². The smallest absolute Gasteiger partial charge is 0.320 e. The molecule has 0 aromatic rings. The fourth-order valence-corrected chi connectivity index (χ4v) is 2.13. The molecule has 2 N–H and O–H groups in total. The van der Waals surface area contributed by atoms with Crippen LogP contribution in [0.5, 0.6) is 0 Å². The lowest BCUT2D eigenvalue weighted by atomic mass is 10.00. The Morgan fingerprint density at radius 1 is 1.41 bits per heavy atom. The van der Waals surface area contributed by atoms with Gasteiger partial charge in [0.2, 0.25) is 0 Å². The zero-order valence-corrected chi connectivity index (χ0v) is 10.1. The monoisotopic (exact) mass is 244 g/mol. The van der Waals surface area contributed by atoms with E-state index in [-0.39, 0.29) is 31.6 Å². The molecule has 0 aromatic carbocycles. The summed E-state index contributed by atoms with van der Waals surface area (Å²) < 4.78 is 0. The van der Waals surface area contributed by atoms with Gasteiger partial charge < -0.3 is 20.0 Å². The minimum atomic E-state index is -0.875. The molecule has 98 valence electrons. The van der Waals surface area contributed by atoms with Crippen LogP contribution >= 0.6 is 0 Å². The van der Waals surface area contributed by atoms with E-state index in [9.17, 15) is 9.59 Å². The van der Waals surface area contributed by atoms with E-state index in [1.165, 1.54) is 4.90 Å². The Bertz CT molecular complexity index is 283. The Hall–Kier alpha value is -1.30. The molecule has 1 heterocycles. The van der Waals surface area contributed by atoms with E-state index in [0.717, 1.165) is 19.3 Å². The van der Waals surface area contributed by atoms with Crippen molar-refractivity contribution in [2.24, 2.45) is 0 Å². The van der Waals surface area contributed by atoms with Crippen LogP contribution in [0.25, 0.3) is 0 Å². The normalized spacial score (nSPS) is 20.1. The molecule has 17 heavy (non-hydrogen) atoms. The first-order valence-electron chi connectivity index (χ1n) is 5.90. The number of likely N-dealkylation sites (N-methyl/N-ethyl adjacent to an activating group) is 1. The fraction of sp³-hybridized carbons (Fsp3) is 0.818. The van der Waals surface area contributed by atoms with Gasteiger partial charge in [0.1, 0.15) is 0 Å². The number of piperidine rings is 1. The van der Waals surface area contributed by atoms with Crippen LogP contribution < -0.4 is 0 Å². The highest BCUT2D eigenvalue weighted by Crippen LogP contribution is 2.20. The molecule has 1 saturated heterocycles. The largest absolute Gasteiger partial charge is 0.481 e. The number of rotatable bonds is 4. The average molecular weight is 244 g/mol. The molecule has 1 aliphatic heterocycles. The molecule has 0 bridgehead atoms. The molecule has 1 fully saturated rings. The van der Waals surface area contributed by atoms with E-state index >= 15 is 0 Å². The second kappa shape index (κ2) is 6.44. The van der Waals surface area contributed by atoms with Crippen molar-refractivity contribution < 1.29 is 19.8 Å². The molecule has 1 unspecified atom stereocenters. The van der Waals surface area contributed by atoms with Crippen molar-refractivity contribution in [3.05, 3.63) is 0 Å². The molecule has 6 nitrogen and oxygen atoms in total. The fourth-order valence-electron chi connectivity index (χ4n) is 2.13. The number of hydrogen-bond acceptors (Lipinski definition) is 3. The number of aliphatic hydroxyl groups is 1. The van der Waals surface area contributed by atoms with Crippen LogP contribution in [0.15, 0.2) is 0 Å². The summed E-state index contributed by atoms with van der Waals surface area (Å²) in [6.45, 7) is 0.793. The standard InChI is InChI=1S/C11H20N2O4/c1-12(6-7-14)11(17)13-5-3-2-4-9(13)8-10(15)16/h9,14H,2-8H2,1H3,(H,15,16). The molecule has 0 aromatic heterocycles. The summed E-state index contributed by atoms with van der Waals surface area (Å²) in [7, 11) is 1.62. The SMILES string of the molecule is CN(CCO)C(=O)N1CCCCC1CC(=O)O. The summed E-state index contributed by atoms with van der Waals surface area (Å²) in [5.41, 5.74) is 0. The van der Waals surface area contributed by atoms with E-state index in [1.807, 2.05) is 0 Å². The summed E-state index contributed by atoms with van der Waals surface area (Å²) >= 11 is 0. The van der Waals surface area contributed by atoms with Gasteiger partial charge >= 0.3 is 12.0 Å². The van der Waals surface area contributed by atoms with Crippen LogP contribution in [0.1, 0.15) is 25.7 Å². The summed E-state index contributed by atoms with van der Waals surface area (Å²) in [6.07, 6.45) is 2.62. The second-order valence-electron chi connectivity index (χ2n) is 4.37. The molecular formula is C11H20N2O4. The molecule has 2 amide bonds. The third-order valence-corrected chi connectivity index (χ3v) is 3.05. The van der Waals surface area contributed by atoms with Gasteiger partial charge in [0.05, 0.1) is 13.0 Å². The quantitative estimate of drug-likeness (QED) is 0.748. The molecule has 0 spiro atoms. The third kappa shape index (κ3) is 3.89. The summed E-state index contributed by atoms with van der Waals surface area (Å²) in [5, 5.41) is 17.6.